The van der Waals surface area contributed by atoms with Gasteiger partial charge in [0.1, 0.15) is 0 Å². The first-order valence-electron chi connectivity index (χ1n) is 5.90. The summed E-state index contributed by atoms with van der Waals surface area (Å²) in [4.78, 5) is 4.34. The number of anilines is 1. The van der Waals surface area contributed by atoms with Crippen molar-refractivity contribution in [1.82, 2.24) is 4.98 Å². The minimum Gasteiger partial charge on any atom is -0.384 e. The molecule has 2 aromatic rings. The van der Waals surface area contributed by atoms with E-state index in [2.05, 4.69) is 30.2 Å². The zero-order valence-electron chi connectivity index (χ0n) is 10.4. The lowest BCUT2D eigenvalue weighted by Gasteiger charge is -2.23. The van der Waals surface area contributed by atoms with Gasteiger partial charge in [-0.2, -0.15) is 0 Å². The van der Waals surface area contributed by atoms with Gasteiger partial charge < -0.3 is 11.1 Å². The predicted octanol–water partition coefficient (Wildman–Crippen LogP) is 2.63. The lowest BCUT2D eigenvalue weighted by atomic mass is 9.94. The quantitative estimate of drug-likeness (QED) is 0.847. The largest absolute Gasteiger partial charge is 0.384 e. The summed E-state index contributed by atoms with van der Waals surface area (Å²) in [6, 6.07) is 10.1. The van der Waals surface area contributed by atoms with Gasteiger partial charge in [-0.05, 0) is 24.1 Å². The van der Waals surface area contributed by atoms with E-state index in [1.807, 2.05) is 30.5 Å². The zero-order valence-corrected chi connectivity index (χ0v) is 10.4. The van der Waals surface area contributed by atoms with E-state index in [1.165, 1.54) is 0 Å². The molecule has 0 saturated heterocycles. The van der Waals surface area contributed by atoms with Gasteiger partial charge in [0.05, 0.1) is 5.52 Å². The van der Waals surface area contributed by atoms with Crippen molar-refractivity contribution < 1.29 is 0 Å². The van der Waals surface area contributed by atoms with Gasteiger partial charge in [-0.1, -0.05) is 32.0 Å². The molecule has 0 bridgehead atoms. The Morgan fingerprint density at radius 3 is 2.76 bits per heavy atom. The minimum absolute atomic E-state index is 0.102. The van der Waals surface area contributed by atoms with Gasteiger partial charge >= 0.3 is 0 Å². The summed E-state index contributed by atoms with van der Waals surface area (Å²) in [5.74, 6) is 0. The summed E-state index contributed by atoms with van der Waals surface area (Å²) in [6.45, 7) is 5.84. The van der Waals surface area contributed by atoms with Gasteiger partial charge in [0.25, 0.3) is 0 Å². The molecule has 0 radical (unpaired) electrons. The van der Waals surface area contributed by atoms with E-state index in [-0.39, 0.29) is 5.41 Å². The Labute approximate surface area is 102 Å². The maximum atomic E-state index is 5.73. The van der Waals surface area contributed by atoms with Crippen LogP contribution in [0.2, 0.25) is 0 Å². The Hall–Kier alpha value is -1.61. The number of benzene rings is 1. The number of nitrogens with zero attached hydrogens (tertiary/aromatic N) is 1. The number of nitrogens with one attached hydrogen (secondary N) is 1. The highest BCUT2D eigenvalue weighted by atomic mass is 14.9. The standard InChI is InChI=1S/C14H19N3/c1-14(2,9-15)10-17-13-7-8-16-12-6-4-3-5-11(12)13/h3-8H,9-10,15H2,1-2H3,(H,16,17). The fourth-order valence-electron chi connectivity index (χ4n) is 1.66. The molecule has 0 aliphatic carbocycles. The van der Waals surface area contributed by atoms with Gasteiger partial charge in [0.15, 0.2) is 0 Å². The number of fused-ring (bicyclic) bond motifs is 1. The van der Waals surface area contributed by atoms with Crippen LogP contribution in [0.15, 0.2) is 36.5 Å². The van der Waals surface area contributed by atoms with Crippen molar-refractivity contribution in [3.8, 4) is 0 Å². The van der Waals surface area contributed by atoms with Crippen LogP contribution in [-0.2, 0) is 0 Å². The third kappa shape index (κ3) is 2.74. The van der Waals surface area contributed by atoms with Crippen LogP contribution in [0.1, 0.15) is 13.8 Å². The molecule has 0 atom stereocenters. The molecular formula is C14H19N3. The number of hydrogen-bond acceptors (Lipinski definition) is 3. The Balaban J connectivity index is 2.24. The van der Waals surface area contributed by atoms with E-state index in [9.17, 15) is 0 Å². The summed E-state index contributed by atoms with van der Waals surface area (Å²) >= 11 is 0. The second kappa shape index (κ2) is 4.72. The van der Waals surface area contributed by atoms with Crippen LogP contribution in [0.3, 0.4) is 0 Å². The monoisotopic (exact) mass is 229 g/mol. The molecular weight excluding hydrogens is 210 g/mol. The lowest BCUT2D eigenvalue weighted by Crippen LogP contribution is -2.31. The van der Waals surface area contributed by atoms with Crippen molar-refractivity contribution in [2.45, 2.75) is 13.8 Å². The van der Waals surface area contributed by atoms with Gasteiger partial charge in [0.2, 0.25) is 0 Å². The number of nitrogens with two attached hydrogens (primary N) is 1. The number of aromatic nitrogens is 1. The van der Waals surface area contributed by atoms with E-state index in [0.717, 1.165) is 23.1 Å². The Morgan fingerprint density at radius 1 is 1.24 bits per heavy atom. The highest BCUT2D eigenvalue weighted by Crippen LogP contribution is 2.22. The molecule has 0 saturated carbocycles. The Morgan fingerprint density at radius 2 is 2.00 bits per heavy atom. The normalized spacial score (nSPS) is 11.7. The SMILES string of the molecule is CC(C)(CN)CNc1ccnc2ccccc12. The van der Waals surface area contributed by atoms with E-state index in [4.69, 9.17) is 5.73 Å². The molecule has 0 amide bonds. The third-order valence-electron chi connectivity index (χ3n) is 2.96. The van der Waals surface area contributed by atoms with E-state index in [1.54, 1.807) is 0 Å². The lowest BCUT2D eigenvalue weighted by molar-refractivity contribution is 0.406. The van der Waals surface area contributed by atoms with Gasteiger partial charge in [-0.3, -0.25) is 4.98 Å². The average Bonchev–Trinajstić information content (AvgIpc) is 2.36. The van der Waals surface area contributed by atoms with Crippen molar-refractivity contribution in [1.29, 1.82) is 0 Å². The topological polar surface area (TPSA) is 50.9 Å². The Kier molecular flexibility index (Phi) is 3.29. The van der Waals surface area contributed by atoms with Gasteiger partial charge in [-0.15, -0.1) is 0 Å². The van der Waals surface area contributed by atoms with E-state index >= 15 is 0 Å². The molecule has 0 spiro atoms. The molecule has 1 heterocycles. The summed E-state index contributed by atoms with van der Waals surface area (Å²) in [6.07, 6.45) is 1.83. The van der Waals surface area contributed by atoms with E-state index < -0.39 is 0 Å². The summed E-state index contributed by atoms with van der Waals surface area (Å²) < 4.78 is 0. The maximum absolute atomic E-state index is 5.73. The molecule has 3 heteroatoms. The smallest absolute Gasteiger partial charge is 0.0722 e. The summed E-state index contributed by atoms with van der Waals surface area (Å²) in [5.41, 5.74) is 7.97. The minimum atomic E-state index is 0.102. The second-order valence-corrected chi connectivity index (χ2v) is 5.10. The predicted molar refractivity (Wildman–Crippen MR) is 73.1 cm³/mol. The molecule has 0 fully saturated rings. The molecule has 1 aromatic carbocycles. The summed E-state index contributed by atoms with van der Waals surface area (Å²) in [7, 11) is 0. The van der Waals surface area contributed by atoms with Crippen LogP contribution in [0.4, 0.5) is 5.69 Å². The van der Waals surface area contributed by atoms with Crippen LogP contribution in [0.5, 0.6) is 0 Å². The van der Waals surface area contributed by atoms with E-state index in [0.29, 0.717) is 6.54 Å². The number of hydrogen-bond donors (Lipinski definition) is 2. The molecule has 0 unspecified atom stereocenters. The van der Waals surface area contributed by atoms with Crippen molar-refractivity contribution in [2.75, 3.05) is 18.4 Å². The van der Waals surface area contributed by atoms with Crippen molar-refractivity contribution in [3.63, 3.8) is 0 Å². The van der Waals surface area contributed by atoms with Crippen LogP contribution in [0, 0.1) is 5.41 Å². The van der Waals surface area contributed by atoms with Crippen LogP contribution >= 0.6 is 0 Å². The van der Waals surface area contributed by atoms with Crippen LogP contribution in [-0.4, -0.2) is 18.1 Å². The second-order valence-electron chi connectivity index (χ2n) is 5.10. The van der Waals surface area contributed by atoms with Crippen LogP contribution < -0.4 is 11.1 Å². The molecule has 3 nitrogen and oxygen atoms in total. The number of pyridine rings is 1. The van der Waals surface area contributed by atoms with Crippen molar-refractivity contribution >= 4 is 16.6 Å². The Bertz CT molecular complexity index is 500. The zero-order chi connectivity index (χ0) is 12.3. The van der Waals surface area contributed by atoms with Gasteiger partial charge in [-0.25, -0.2) is 0 Å². The molecule has 17 heavy (non-hydrogen) atoms. The highest BCUT2D eigenvalue weighted by molar-refractivity contribution is 5.90. The fourth-order valence-corrected chi connectivity index (χ4v) is 1.66. The number of rotatable bonds is 4. The van der Waals surface area contributed by atoms with Gasteiger partial charge in [0, 0.05) is 23.8 Å². The van der Waals surface area contributed by atoms with Crippen LogP contribution in [0.25, 0.3) is 10.9 Å². The molecule has 1 aromatic heterocycles. The summed E-state index contributed by atoms with van der Waals surface area (Å²) in [5, 5.41) is 4.61. The molecule has 0 aliphatic heterocycles. The first-order chi connectivity index (χ1) is 8.12. The molecule has 2 rings (SSSR count). The van der Waals surface area contributed by atoms with Crippen molar-refractivity contribution in [3.05, 3.63) is 36.5 Å². The first kappa shape index (κ1) is 11.9. The first-order valence-corrected chi connectivity index (χ1v) is 5.90. The molecule has 3 N–H and O–H groups in total. The highest BCUT2D eigenvalue weighted by Gasteiger charge is 2.15. The maximum Gasteiger partial charge on any atom is 0.0722 e. The average molecular weight is 229 g/mol. The number of para-hydroxylation sites is 1. The molecule has 0 aliphatic rings. The third-order valence-corrected chi connectivity index (χ3v) is 2.96. The molecule has 90 valence electrons. The van der Waals surface area contributed by atoms with Crippen molar-refractivity contribution in [2.24, 2.45) is 11.1 Å². The fraction of sp³-hybridized carbons (Fsp3) is 0.357.